The molecule has 0 spiro atoms. The summed E-state index contributed by atoms with van der Waals surface area (Å²) in [6, 6.07) is 3.92. The first-order valence-corrected chi connectivity index (χ1v) is 7.60. The Morgan fingerprint density at radius 1 is 1.35 bits per heavy atom. The van der Waals surface area contributed by atoms with E-state index in [0.29, 0.717) is 22.7 Å². The van der Waals surface area contributed by atoms with E-state index in [9.17, 15) is 0 Å². The molecule has 1 aromatic carbocycles. The summed E-state index contributed by atoms with van der Waals surface area (Å²) >= 11 is 12.1. The van der Waals surface area contributed by atoms with Gasteiger partial charge in [0.15, 0.2) is 0 Å². The third-order valence-electron chi connectivity index (χ3n) is 3.63. The highest BCUT2D eigenvalue weighted by Crippen LogP contribution is 2.30. The molecule has 108 valence electrons. The predicted octanol–water partition coefficient (Wildman–Crippen LogP) is 3.35. The van der Waals surface area contributed by atoms with E-state index in [2.05, 4.69) is 22.2 Å². The van der Waals surface area contributed by atoms with Crippen LogP contribution in [0.2, 0.25) is 10.0 Å². The first-order valence-electron chi connectivity index (χ1n) is 6.85. The lowest BCUT2D eigenvalue weighted by Crippen LogP contribution is -2.35. The van der Waals surface area contributed by atoms with Crippen LogP contribution in [-0.2, 0) is 4.74 Å². The second kappa shape index (κ2) is 5.90. The fourth-order valence-electron chi connectivity index (χ4n) is 2.55. The zero-order valence-corrected chi connectivity index (χ0v) is 12.8. The molecule has 0 amide bonds. The van der Waals surface area contributed by atoms with Gasteiger partial charge in [-0.3, -0.25) is 0 Å². The molecule has 2 aromatic rings. The summed E-state index contributed by atoms with van der Waals surface area (Å²) in [6.45, 7) is 4.55. The van der Waals surface area contributed by atoms with Gasteiger partial charge in [-0.1, -0.05) is 30.1 Å². The number of aromatic nitrogens is 2. The second-order valence-corrected chi connectivity index (χ2v) is 5.92. The molecule has 3 rings (SSSR count). The molecular weight excluding hydrogens is 297 g/mol. The quantitative estimate of drug-likeness (QED) is 0.910. The van der Waals surface area contributed by atoms with Crippen LogP contribution in [0, 0.1) is 0 Å². The molecule has 2 N–H and O–H groups in total. The van der Waals surface area contributed by atoms with Gasteiger partial charge in [-0.2, -0.15) is 0 Å². The van der Waals surface area contributed by atoms with Gasteiger partial charge in [-0.25, -0.2) is 4.98 Å². The molecular formula is C14H17Cl2N3O. The van der Waals surface area contributed by atoms with Crippen LogP contribution < -0.4 is 5.32 Å². The van der Waals surface area contributed by atoms with Crippen LogP contribution in [0.15, 0.2) is 12.1 Å². The van der Waals surface area contributed by atoms with Gasteiger partial charge in [0, 0.05) is 6.04 Å². The summed E-state index contributed by atoms with van der Waals surface area (Å²) < 4.78 is 5.59. The van der Waals surface area contributed by atoms with Gasteiger partial charge in [-0.05, 0) is 25.1 Å². The largest absolute Gasteiger partial charge is 0.379 e. The van der Waals surface area contributed by atoms with Crippen LogP contribution in [0.5, 0.6) is 0 Å². The van der Waals surface area contributed by atoms with Crippen molar-refractivity contribution >= 4 is 34.2 Å². The number of rotatable bonds is 4. The number of imidazole rings is 1. The van der Waals surface area contributed by atoms with E-state index in [1.54, 1.807) is 6.07 Å². The number of nitrogens with one attached hydrogen (secondary N) is 2. The summed E-state index contributed by atoms with van der Waals surface area (Å²) in [4.78, 5) is 7.97. The van der Waals surface area contributed by atoms with Crippen LogP contribution in [0.4, 0.5) is 0 Å². The highest BCUT2D eigenvalue weighted by molar-refractivity contribution is 6.42. The molecule has 20 heavy (non-hydrogen) atoms. The van der Waals surface area contributed by atoms with Gasteiger partial charge in [0.25, 0.3) is 0 Å². The van der Waals surface area contributed by atoms with Gasteiger partial charge in [0.2, 0.25) is 0 Å². The number of benzene rings is 1. The van der Waals surface area contributed by atoms with Gasteiger partial charge in [0.05, 0.1) is 40.2 Å². The van der Waals surface area contributed by atoms with Crippen LogP contribution in [0.25, 0.3) is 11.0 Å². The number of ether oxygens (including phenoxy) is 1. The molecule has 2 atom stereocenters. The number of hydrogen-bond acceptors (Lipinski definition) is 3. The average Bonchev–Trinajstić information content (AvgIpc) is 3.03. The molecule has 0 radical (unpaired) electrons. The van der Waals surface area contributed by atoms with Gasteiger partial charge in [-0.15, -0.1) is 0 Å². The molecule has 0 bridgehead atoms. The molecule has 2 unspecified atom stereocenters. The Labute approximate surface area is 127 Å². The fourth-order valence-corrected chi connectivity index (χ4v) is 2.88. The minimum Gasteiger partial charge on any atom is -0.379 e. The summed E-state index contributed by atoms with van der Waals surface area (Å²) in [6.07, 6.45) is 1.11. The lowest BCUT2D eigenvalue weighted by Gasteiger charge is -2.16. The number of fused-ring (bicyclic) bond motifs is 1. The number of nitrogens with zero attached hydrogens (tertiary/aromatic N) is 1. The Balaban J connectivity index is 1.89. The third kappa shape index (κ3) is 2.66. The van der Waals surface area contributed by atoms with Crippen molar-refractivity contribution in [3.63, 3.8) is 0 Å². The molecule has 1 aliphatic rings. The molecule has 1 aliphatic heterocycles. The maximum atomic E-state index is 6.04. The first kappa shape index (κ1) is 14.1. The number of halogens is 2. The number of H-pyrrole nitrogens is 1. The van der Waals surface area contributed by atoms with Crippen molar-refractivity contribution in [2.24, 2.45) is 0 Å². The smallest absolute Gasteiger partial charge is 0.114 e. The van der Waals surface area contributed by atoms with Gasteiger partial charge in [0.1, 0.15) is 5.82 Å². The summed E-state index contributed by atoms with van der Waals surface area (Å²) in [5.74, 6) is 1.18. The maximum absolute atomic E-state index is 6.04. The van der Waals surface area contributed by atoms with Crippen molar-refractivity contribution in [1.29, 1.82) is 0 Å². The van der Waals surface area contributed by atoms with E-state index >= 15 is 0 Å². The minimum absolute atomic E-state index is 0.242. The van der Waals surface area contributed by atoms with Crippen LogP contribution >= 0.6 is 23.2 Å². The Bertz CT molecular complexity index is 575. The lowest BCUT2D eigenvalue weighted by molar-refractivity contribution is 0.187. The third-order valence-corrected chi connectivity index (χ3v) is 4.35. The fraction of sp³-hybridized carbons (Fsp3) is 0.500. The summed E-state index contributed by atoms with van der Waals surface area (Å²) in [5, 5.41) is 4.58. The van der Waals surface area contributed by atoms with E-state index < -0.39 is 0 Å². The van der Waals surface area contributed by atoms with Crippen molar-refractivity contribution in [2.45, 2.75) is 25.3 Å². The SMILES string of the molecule is CCCNC1COCC1c1nc2cc(Cl)c(Cl)cc2[nH]1. The van der Waals surface area contributed by atoms with E-state index in [-0.39, 0.29) is 5.92 Å². The Morgan fingerprint density at radius 2 is 2.15 bits per heavy atom. The standard InChI is InChI=1S/C14H17Cl2N3O/c1-2-3-17-13-7-20-6-8(13)14-18-11-4-9(15)10(16)5-12(11)19-14/h4-5,8,13,17H,2-3,6-7H2,1H3,(H,18,19). The number of aromatic amines is 1. The van der Waals surface area contributed by atoms with Crippen LogP contribution in [0.1, 0.15) is 25.1 Å². The monoisotopic (exact) mass is 313 g/mol. The Hall–Kier alpha value is -0.810. The highest BCUT2D eigenvalue weighted by atomic mass is 35.5. The molecule has 0 aliphatic carbocycles. The predicted molar refractivity (Wildman–Crippen MR) is 81.8 cm³/mol. The maximum Gasteiger partial charge on any atom is 0.114 e. The van der Waals surface area contributed by atoms with Crippen molar-refractivity contribution in [2.75, 3.05) is 19.8 Å². The van der Waals surface area contributed by atoms with Gasteiger partial charge >= 0.3 is 0 Å². The summed E-state index contributed by atoms with van der Waals surface area (Å²) in [5.41, 5.74) is 1.76. The van der Waals surface area contributed by atoms with Crippen molar-refractivity contribution in [3.05, 3.63) is 28.0 Å². The Kier molecular flexibility index (Phi) is 4.17. The van der Waals surface area contributed by atoms with E-state index in [1.165, 1.54) is 0 Å². The molecule has 1 fully saturated rings. The number of hydrogen-bond donors (Lipinski definition) is 2. The molecule has 1 aromatic heterocycles. The normalized spacial score (nSPS) is 22.8. The average molecular weight is 314 g/mol. The topological polar surface area (TPSA) is 49.9 Å². The molecule has 6 heteroatoms. The van der Waals surface area contributed by atoms with E-state index in [0.717, 1.165) is 36.4 Å². The molecule has 2 heterocycles. The summed E-state index contributed by atoms with van der Waals surface area (Å²) in [7, 11) is 0. The zero-order valence-electron chi connectivity index (χ0n) is 11.2. The van der Waals surface area contributed by atoms with Crippen LogP contribution in [-0.4, -0.2) is 35.8 Å². The molecule has 1 saturated heterocycles. The van der Waals surface area contributed by atoms with Crippen molar-refractivity contribution in [1.82, 2.24) is 15.3 Å². The minimum atomic E-state index is 0.242. The van der Waals surface area contributed by atoms with Crippen molar-refractivity contribution in [3.8, 4) is 0 Å². The second-order valence-electron chi connectivity index (χ2n) is 5.11. The van der Waals surface area contributed by atoms with Crippen molar-refractivity contribution < 1.29 is 4.74 Å². The Morgan fingerprint density at radius 3 is 2.95 bits per heavy atom. The van der Waals surface area contributed by atoms with Gasteiger partial charge < -0.3 is 15.0 Å². The zero-order chi connectivity index (χ0) is 14.1. The lowest BCUT2D eigenvalue weighted by atomic mass is 10.0. The molecule has 0 saturated carbocycles. The highest BCUT2D eigenvalue weighted by Gasteiger charge is 2.31. The molecule has 4 nitrogen and oxygen atoms in total. The van der Waals surface area contributed by atoms with E-state index in [1.807, 2.05) is 6.07 Å². The first-order chi connectivity index (χ1) is 9.69. The van der Waals surface area contributed by atoms with E-state index in [4.69, 9.17) is 27.9 Å². The van der Waals surface area contributed by atoms with Crippen LogP contribution in [0.3, 0.4) is 0 Å².